The van der Waals surface area contributed by atoms with Gasteiger partial charge in [-0.15, -0.1) is 11.3 Å². The number of thiophene rings is 1. The van der Waals surface area contributed by atoms with Crippen molar-refractivity contribution in [2.45, 2.75) is 11.4 Å². The Balaban J connectivity index is 2.03. The van der Waals surface area contributed by atoms with E-state index in [2.05, 4.69) is 15.9 Å². The van der Waals surface area contributed by atoms with Gasteiger partial charge in [0.05, 0.1) is 12.1 Å². The lowest BCUT2D eigenvalue weighted by Gasteiger charge is -2.13. The quantitative estimate of drug-likeness (QED) is 0.830. The number of benzene rings is 1. The van der Waals surface area contributed by atoms with Gasteiger partial charge in [-0.2, -0.15) is 0 Å². The topological polar surface area (TPSA) is 54.5 Å². The molecule has 7 heteroatoms. The molecule has 2 heterocycles. The Morgan fingerprint density at radius 1 is 1.26 bits per heavy atom. The first kappa shape index (κ1) is 12.8. The number of amides is 1. The first-order chi connectivity index (χ1) is 9.00. The van der Waals surface area contributed by atoms with Crippen molar-refractivity contribution in [3.8, 4) is 0 Å². The van der Waals surface area contributed by atoms with Crippen LogP contribution in [0.2, 0.25) is 0 Å². The molecule has 0 unspecified atom stereocenters. The Bertz CT molecular complexity index is 767. The third-order valence-electron chi connectivity index (χ3n) is 2.83. The maximum Gasteiger partial charge on any atom is 0.269 e. The lowest BCUT2D eigenvalue weighted by molar-refractivity contribution is 0.0866. The first-order valence-corrected chi connectivity index (χ1v) is 8.50. The standard InChI is InChI=1S/C12H8BrNO3S2/c13-8-5-9(18-7-8)6-14-12(15)10-3-1-2-4-11(10)19(14,16)17/h1-5,7H,6H2. The summed E-state index contributed by atoms with van der Waals surface area (Å²) in [7, 11) is -3.71. The molecule has 0 bridgehead atoms. The highest BCUT2D eigenvalue weighted by Gasteiger charge is 2.40. The summed E-state index contributed by atoms with van der Waals surface area (Å²) in [5.74, 6) is -0.458. The average molecular weight is 358 g/mol. The molecule has 0 saturated heterocycles. The molecule has 3 rings (SSSR count). The van der Waals surface area contributed by atoms with Crippen LogP contribution in [0.15, 0.2) is 45.1 Å². The summed E-state index contributed by atoms with van der Waals surface area (Å²) in [6.07, 6.45) is 0. The smallest absolute Gasteiger partial charge is 0.268 e. The van der Waals surface area contributed by atoms with E-state index in [9.17, 15) is 13.2 Å². The van der Waals surface area contributed by atoms with E-state index in [0.29, 0.717) is 0 Å². The fourth-order valence-corrected chi connectivity index (χ4v) is 5.03. The summed E-state index contributed by atoms with van der Waals surface area (Å²) >= 11 is 4.72. The summed E-state index contributed by atoms with van der Waals surface area (Å²) in [5, 5.41) is 1.86. The highest BCUT2D eigenvalue weighted by molar-refractivity contribution is 9.10. The molecule has 19 heavy (non-hydrogen) atoms. The van der Waals surface area contributed by atoms with Crippen LogP contribution in [0, 0.1) is 0 Å². The molecule has 1 amide bonds. The molecule has 1 aliphatic heterocycles. The van der Waals surface area contributed by atoms with E-state index >= 15 is 0 Å². The van der Waals surface area contributed by atoms with Gasteiger partial charge in [0.2, 0.25) is 0 Å². The minimum atomic E-state index is -3.71. The van der Waals surface area contributed by atoms with Crippen LogP contribution in [0.1, 0.15) is 15.2 Å². The summed E-state index contributed by atoms with van der Waals surface area (Å²) in [6.45, 7) is 0.0755. The molecular weight excluding hydrogens is 350 g/mol. The van der Waals surface area contributed by atoms with Crippen molar-refractivity contribution < 1.29 is 13.2 Å². The zero-order valence-electron chi connectivity index (χ0n) is 9.54. The summed E-state index contributed by atoms with van der Waals surface area (Å²) in [6, 6.07) is 8.11. The van der Waals surface area contributed by atoms with Crippen LogP contribution >= 0.6 is 27.3 Å². The molecule has 0 N–H and O–H groups in total. The Morgan fingerprint density at radius 2 is 2.00 bits per heavy atom. The first-order valence-electron chi connectivity index (χ1n) is 5.39. The number of hydrogen-bond acceptors (Lipinski definition) is 4. The second-order valence-electron chi connectivity index (χ2n) is 4.04. The molecule has 2 aromatic rings. The molecule has 1 aromatic carbocycles. The van der Waals surface area contributed by atoms with Gasteiger partial charge in [-0.05, 0) is 34.1 Å². The van der Waals surface area contributed by atoms with Crippen LogP contribution in [0.5, 0.6) is 0 Å². The average Bonchev–Trinajstić information content (AvgIpc) is 2.87. The maximum atomic E-state index is 12.3. The van der Waals surface area contributed by atoms with Gasteiger partial charge in [0.15, 0.2) is 0 Å². The lowest BCUT2D eigenvalue weighted by atomic mass is 10.2. The molecule has 98 valence electrons. The number of carbonyl (C=O) groups excluding carboxylic acids is 1. The Kier molecular flexibility index (Phi) is 2.99. The molecule has 0 fully saturated rings. The van der Waals surface area contributed by atoms with E-state index in [0.717, 1.165) is 13.7 Å². The SMILES string of the molecule is O=C1c2ccccc2S(=O)(=O)N1Cc1cc(Br)cs1. The molecule has 1 aliphatic rings. The molecule has 0 spiro atoms. The summed E-state index contributed by atoms with van der Waals surface area (Å²) in [5.41, 5.74) is 0.248. The van der Waals surface area contributed by atoms with Crippen LogP contribution < -0.4 is 0 Å². The van der Waals surface area contributed by atoms with Gasteiger partial charge >= 0.3 is 0 Å². The van der Waals surface area contributed by atoms with Crippen LogP contribution in [-0.2, 0) is 16.6 Å². The van der Waals surface area contributed by atoms with E-state index in [4.69, 9.17) is 0 Å². The molecule has 0 radical (unpaired) electrons. The zero-order valence-corrected chi connectivity index (χ0v) is 12.8. The van der Waals surface area contributed by atoms with E-state index in [1.54, 1.807) is 18.2 Å². The van der Waals surface area contributed by atoms with E-state index < -0.39 is 15.9 Å². The van der Waals surface area contributed by atoms with E-state index in [-0.39, 0.29) is 17.0 Å². The molecule has 0 atom stereocenters. The van der Waals surface area contributed by atoms with Crippen LogP contribution in [0.4, 0.5) is 0 Å². The van der Waals surface area contributed by atoms with E-state index in [1.165, 1.54) is 17.4 Å². The fourth-order valence-electron chi connectivity index (χ4n) is 1.97. The Labute approximate surface area is 122 Å². The normalized spacial score (nSPS) is 16.7. The molecule has 1 aromatic heterocycles. The summed E-state index contributed by atoms with van der Waals surface area (Å²) in [4.78, 5) is 13.1. The summed E-state index contributed by atoms with van der Waals surface area (Å²) < 4.78 is 26.4. The number of carbonyl (C=O) groups is 1. The molecular formula is C12H8BrNO3S2. The zero-order chi connectivity index (χ0) is 13.6. The predicted octanol–water partition coefficient (Wildman–Crippen LogP) is 2.86. The predicted molar refractivity (Wildman–Crippen MR) is 75.5 cm³/mol. The van der Waals surface area contributed by atoms with Crippen molar-refractivity contribution in [2.75, 3.05) is 0 Å². The van der Waals surface area contributed by atoms with Gasteiger partial charge < -0.3 is 0 Å². The molecule has 4 nitrogen and oxygen atoms in total. The van der Waals surface area contributed by atoms with Gasteiger partial charge in [0.25, 0.3) is 15.9 Å². The Morgan fingerprint density at radius 3 is 2.63 bits per heavy atom. The van der Waals surface area contributed by atoms with Crippen molar-refractivity contribution in [3.63, 3.8) is 0 Å². The Hall–Kier alpha value is -1.18. The lowest BCUT2D eigenvalue weighted by Crippen LogP contribution is -2.29. The number of halogens is 1. The minimum Gasteiger partial charge on any atom is -0.268 e. The van der Waals surface area contributed by atoms with E-state index in [1.807, 2.05) is 11.4 Å². The van der Waals surface area contributed by atoms with Crippen LogP contribution in [0.25, 0.3) is 0 Å². The van der Waals surface area contributed by atoms with Crippen molar-refractivity contribution >= 4 is 43.2 Å². The van der Waals surface area contributed by atoms with Crippen molar-refractivity contribution in [1.29, 1.82) is 0 Å². The third-order valence-corrected chi connectivity index (χ3v) is 6.30. The number of hydrogen-bond donors (Lipinski definition) is 0. The number of rotatable bonds is 2. The number of nitrogens with zero attached hydrogens (tertiary/aromatic N) is 1. The maximum absolute atomic E-state index is 12.3. The van der Waals surface area contributed by atoms with Crippen molar-refractivity contribution in [3.05, 3.63) is 50.6 Å². The minimum absolute atomic E-state index is 0.0755. The molecule has 0 saturated carbocycles. The van der Waals surface area contributed by atoms with Gasteiger partial charge in [0.1, 0.15) is 4.90 Å². The van der Waals surface area contributed by atoms with Gasteiger partial charge in [-0.25, -0.2) is 12.7 Å². The third kappa shape index (κ3) is 2.01. The van der Waals surface area contributed by atoms with Crippen LogP contribution in [-0.4, -0.2) is 18.6 Å². The number of sulfonamides is 1. The number of fused-ring (bicyclic) bond motifs is 1. The highest BCUT2D eigenvalue weighted by Crippen LogP contribution is 2.32. The van der Waals surface area contributed by atoms with Gasteiger partial charge in [-0.1, -0.05) is 12.1 Å². The van der Waals surface area contributed by atoms with Gasteiger partial charge in [0, 0.05) is 14.7 Å². The second kappa shape index (κ2) is 4.43. The molecule has 0 aliphatic carbocycles. The van der Waals surface area contributed by atoms with Crippen LogP contribution in [0.3, 0.4) is 0 Å². The fraction of sp³-hybridized carbons (Fsp3) is 0.0833. The highest BCUT2D eigenvalue weighted by atomic mass is 79.9. The van der Waals surface area contributed by atoms with Gasteiger partial charge in [-0.3, -0.25) is 4.79 Å². The second-order valence-corrected chi connectivity index (χ2v) is 7.79. The van der Waals surface area contributed by atoms with Crippen molar-refractivity contribution in [2.24, 2.45) is 0 Å². The monoisotopic (exact) mass is 357 g/mol. The van der Waals surface area contributed by atoms with Crippen molar-refractivity contribution in [1.82, 2.24) is 4.31 Å². The largest absolute Gasteiger partial charge is 0.269 e.